The summed E-state index contributed by atoms with van der Waals surface area (Å²) in [6.07, 6.45) is 0.577. The molecule has 0 saturated carbocycles. The first-order valence-corrected chi connectivity index (χ1v) is 9.34. The Morgan fingerprint density at radius 2 is 2.11 bits per heavy atom. The number of H-pyrrole nitrogens is 1. The number of benzene rings is 2. The van der Waals surface area contributed by atoms with Gasteiger partial charge in [-0.3, -0.25) is 4.79 Å². The van der Waals surface area contributed by atoms with E-state index in [0.717, 1.165) is 26.7 Å². The minimum atomic E-state index is -0.372. The molecule has 4 aromatic rings. The molecule has 0 aliphatic carbocycles. The van der Waals surface area contributed by atoms with Crippen molar-refractivity contribution in [2.75, 3.05) is 6.54 Å². The van der Waals surface area contributed by atoms with E-state index < -0.39 is 0 Å². The second kappa shape index (κ2) is 6.81. The number of aryl methyl sites for hydroxylation is 2. The van der Waals surface area contributed by atoms with Crippen LogP contribution < -0.4 is 5.32 Å². The zero-order valence-corrected chi connectivity index (χ0v) is 16.4. The van der Waals surface area contributed by atoms with E-state index in [1.807, 2.05) is 19.9 Å². The summed E-state index contributed by atoms with van der Waals surface area (Å²) in [4.78, 5) is 19.7. The van der Waals surface area contributed by atoms with E-state index in [1.54, 1.807) is 18.2 Å². The van der Waals surface area contributed by atoms with Crippen LogP contribution in [0.15, 0.2) is 39.2 Å². The first kappa shape index (κ1) is 17.7. The lowest BCUT2D eigenvalue weighted by Crippen LogP contribution is -2.26. The predicted octanol–water partition coefficient (Wildman–Crippen LogP) is 4.80. The fourth-order valence-corrected chi connectivity index (χ4v) is 3.68. The van der Waals surface area contributed by atoms with Crippen molar-refractivity contribution in [2.45, 2.75) is 20.3 Å². The van der Waals surface area contributed by atoms with E-state index in [0.29, 0.717) is 29.6 Å². The molecule has 0 fully saturated rings. The van der Waals surface area contributed by atoms with Gasteiger partial charge in [0.15, 0.2) is 5.58 Å². The standard InChI is InChI=1S/C20H17BrFN3O2/c1-10-3-5-14(22)18-17(10)13(11(2)24-18)7-8-23-19(26)20-25-15-9-12(21)4-6-16(15)27-20/h3-6,9,24H,7-8H2,1-2H3,(H,23,26). The summed E-state index contributed by atoms with van der Waals surface area (Å²) in [6, 6.07) is 8.61. The largest absolute Gasteiger partial charge is 0.432 e. The fourth-order valence-electron chi connectivity index (χ4n) is 3.33. The summed E-state index contributed by atoms with van der Waals surface area (Å²) in [5.41, 5.74) is 4.60. The molecule has 0 spiro atoms. The van der Waals surface area contributed by atoms with Crippen molar-refractivity contribution in [3.63, 3.8) is 0 Å². The van der Waals surface area contributed by atoms with Crippen LogP contribution in [0.4, 0.5) is 4.39 Å². The lowest BCUT2D eigenvalue weighted by molar-refractivity contribution is 0.0922. The van der Waals surface area contributed by atoms with Gasteiger partial charge < -0.3 is 14.7 Å². The number of rotatable bonds is 4. The molecule has 0 radical (unpaired) electrons. The lowest BCUT2D eigenvalue weighted by atomic mass is 10.0. The Morgan fingerprint density at radius 3 is 2.93 bits per heavy atom. The number of nitrogens with zero attached hydrogens (tertiary/aromatic N) is 1. The Balaban J connectivity index is 1.51. The summed E-state index contributed by atoms with van der Waals surface area (Å²) >= 11 is 3.37. The minimum absolute atomic E-state index is 0.0287. The molecule has 0 atom stereocenters. The number of oxazole rings is 1. The lowest BCUT2D eigenvalue weighted by Gasteiger charge is -2.05. The highest BCUT2D eigenvalue weighted by molar-refractivity contribution is 9.10. The number of fused-ring (bicyclic) bond motifs is 2. The fraction of sp³-hybridized carbons (Fsp3) is 0.200. The molecule has 0 saturated heterocycles. The molecule has 0 aliphatic rings. The average Bonchev–Trinajstić information content (AvgIpc) is 3.20. The van der Waals surface area contributed by atoms with E-state index in [2.05, 4.69) is 31.2 Å². The number of hydrogen-bond donors (Lipinski definition) is 2. The van der Waals surface area contributed by atoms with Crippen molar-refractivity contribution in [1.29, 1.82) is 0 Å². The number of carbonyl (C=O) groups excluding carboxylic acids is 1. The summed E-state index contributed by atoms with van der Waals surface area (Å²) in [5.74, 6) is -0.615. The molecule has 0 aliphatic heterocycles. The van der Waals surface area contributed by atoms with Gasteiger partial charge in [0.2, 0.25) is 0 Å². The Hall–Kier alpha value is -2.67. The van der Waals surface area contributed by atoms with Gasteiger partial charge in [0.1, 0.15) is 11.3 Å². The van der Waals surface area contributed by atoms with Crippen LogP contribution >= 0.6 is 15.9 Å². The van der Waals surface area contributed by atoms with Crippen molar-refractivity contribution >= 4 is 43.8 Å². The van der Waals surface area contributed by atoms with Gasteiger partial charge in [-0.05, 0) is 55.7 Å². The van der Waals surface area contributed by atoms with Crippen molar-refractivity contribution in [3.05, 3.63) is 63.3 Å². The molecule has 2 aromatic heterocycles. The molecule has 1 amide bonds. The molecule has 2 N–H and O–H groups in total. The molecule has 2 heterocycles. The van der Waals surface area contributed by atoms with E-state index in [1.165, 1.54) is 6.07 Å². The SMILES string of the molecule is Cc1[nH]c2c(F)ccc(C)c2c1CCNC(=O)c1nc2cc(Br)ccc2o1. The van der Waals surface area contributed by atoms with E-state index in [-0.39, 0.29) is 17.6 Å². The quantitative estimate of drug-likeness (QED) is 0.489. The summed E-state index contributed by atoms with van der Waals surface area (Å²) in [6.45, 7) is 4.26. The van der Waals surface area contributed by atoms with Crippen LogP contribution in [0.1, 0.15) is 27.5 Å². The van der Waals surface area contributed by atoms with Gasteiger partial charge in [-0.15, -0.1) is 0 Å². The smallest absolute Gasteiger partial charge is 0.307 e. The van der Waals surface area contributed by atoms with Crippen LogP contribution in [0.3, 0.4) is 0 Å². The van der Waals surface area contributed by atoms with Crippen molar-refractivity contribution < 1.29 is 13.6 Å². The number of amides is 1. The molecule has 0 unspecified atom stereocenters. The summed E-state index contributed by atoms with van der Waals surface area (Å²) in [5, 5.41) is 3.71. The van der Waals surface area contributed by atoms with Crippen molar-refractivity contribution in [2.24, 2.45) is 0 Å². The molecule has 138 valence electrons. The van der Waals surface area contributed by atoms with Crippen molar-refractivity contribution in [1.82, 2.24) is 15.3 Å². The number of hydrogen-bond acceptors (Lipinski definition) is 3. The third kappa shape index (κ3) is 3.23. The highest BCUT2D eigenvalue weighted by Gasteiger charge is 2.16. The molecule has 0 bridgehead atoms. The number of aromatic amines is 1. The molecule has 2 aromatic carbocycles. The number of aromatic nitrogens is 2. The molecule has 5 nitrogen and oxygen atoms in total. The minimum Gasteiger partial charge on any atom is -0.432 e. The Bertz CT molecular complexity index is 1180. The summed E-state index contributed by atoms with van der Waals surface area (Å²) in [7, 11) is 0. The third-order valence-corrected chi connectivity index (χ3v) is 5.13. The zero-order valence-electron chi connectivity index (χ0n) is 14.8. The normalized spacial score (nSPS) is 11.4. The van der Waals surface area contributed by atoms with Gasteiger partial charge in [-0.1, -0.05) is 22.0 Å². The highest BCUT2D eigenvalue weighted by Crippen LogP contribution is 2.28. The van der Waals surface area contributed by atoms with E-state index in [9.17, 15) is 9.18 Å². The van der Waals surface area contributed by atoms with Gasteiger partial charge in [0.25, 0.3) is 5.89 Å². The maximum absolute atomic E-state index is 14.0. The Labute approximate surface area is 163 Å². The molecule has 27 heavy (non-hydrogen) atoms. The first-order valence-electron chi connectivity index (χ1n) is 8.54. The maximum Gasteiger partial charge on any atom is 0.307 e. The average molecular weight is 430 g/mol. The van der Waals surface area contributed by atoms with Crippen LogP contribution in [0.25, 0.3) is 22.0 Å². The maximum atomic E-state index is 14.0. The second-order valence-corrected chi connectivity index (χ2v) is 7.40. The first-order chi connectivity index (χ1) is 12.9. The molecular formula is C20H17BrFN3O2. The monoisotopic (exact) mass is 429 g/mol. The van der Waals surface area contributed by atoms with Gasteiger partial charge in [0, 0.05) is 22.1 Å². The van der Waals surface area contributed by atoms with Gasteiger partial charge in [-0.25, -0.2) is 9.37 Å². The second-order valence-electron chi connectivity index (χ2n) is 6.48. The van der Waals surface area contributed by atoms with E-state index >= 15 is 0 Å². The third-order valence-electron chi connectivity index (χ3n) is 4.63. The number of nitrogens with one attached hydrogen (secondary N) is 2. The van der Waals surface area contributed by atoms with Gasteiger partial charge in [0.05, 0.1) is 5.52 Å². The van der Waals surface area contributed by atoms with Crippen LogP contribution in [-0.4, -0.2) is 22.4 Å². The highest BCUT2D eigenvalue weighted by atomic mass is 79.9. The van der Waals surface area contributed by atoms with Crippen LogP contribution in [0.2, 0.25) is 0 Å². The van der Waals surface area contributed by atoms with E-state index in [4.69, 9.17) is 4.42 Å². The van der Waals surface area contributed by atoms with Gasteiger partial charge >= 0.3 is 5.91 Å². The van der Waals surface area contributed by atoms with Crippen molar-refractivity contribution in [3.8, 4) is 0 Å². The predicted molar refractivity (Wildman–Crippen MR) is 105 cm³/mol. The number of halogens is 2. The summed E-state index contributed by atoms with van der Waals surface area (Å²) < 4.78 is 20.4. The Kier molecular flexibility index (Phi) is 4.47. The Morgan fingerprint density at radius 1 is 1.30 bits per heavy atom. The molecule has 4 rings (SSSR count). The molecular weight excluding hydrogens is 413 g/mol. The zero-order chi connectivity index (χ0) is 19.1. The van der Waals surface area contributed by atoms with Crippen LogP contribution in [-0.2, 0) is 6.42 Å². The van der Waals surface area contributed by atoms with Crippen LogP contribution in [0.5, 0.6) is 0 Å². The number of carbonyl (C=O) groups is 1. The van der Waals surface area contributed by atoms with Gasteiger partial charge in [-0.2, -0.15) is 0 Å². The van der Waals surface area contributed by atoms with Crippen LogP contribution in [0, 0.1) is 19.7 Å². The topological polar surface area (TPSA) is 70.9 Å². The molecule has 7 heteroatoms.